The van der Waals surface area contributed by atoms with Gasteiger partial charge in [0.25, 0.3) is 0 Å². The molecule has 0 spiro atoms. The SMILES string of the molecule is C=CC(=O)N1CC(c2cc3c(Nc4ccc(Cl)c(Cl)c4F)ncnc3cc2OC2CCOCC2)C1. The molecule has 35 heavy (non-hydrogen) atoms. The van der Waals surface area contributed by atoms with Crippen LogP contribution in [0.15, 0.2) is 43.2 Å². The topological polar surface area (TPSA) is 76.6 Å². The molecule has 1 aromatic heterocycles. The Morgan fingerprint density at radius 1 is 1.23 bits per heavy atom. The van der Waals surface area contributed by atoms with Crippen LogP contribution in [0.2, 0.25) is 10.0 Å². The quantitative estimate of drug-likeness (QED) is 0.344. The van der Waals surface area contributed by atoms with Gasteiger partial charge in [0.05, 0.1) is 34.5 Å². The number of nitrogens with zero attached hydrogens (tertiary/aromatic N) is 3. The first-order valence-corrected chi connectivity index (χ1v) is 12.0. The van der Waals surface area contributed by atoms with Crippen LogP contribution >= 0.6 is 23.2 Å². The summed E-state index contributed by atoms with van der Waals surface area (Å²) in [6.45, 7) is 5.99. The molecule has 3 heterocycles. The van der Waals surface area contributed by atoms with Gasteiger partial charge in [0.1, 0.15) is 24.0 Å². The third-order valence-corrected chi connectivity index (χ3v) is 7.11. The highest BCUT2D eigenvalue weighted by Gasteiger charge is 2.33. The zero-order chi connectivity index (χ0) is 24.5. The van der Waals surface area contributed by atoms with Crippen molar-refractivity contribution in [3.63, 3.8) is 0 Å². The van der Waals surface area contributed by atoms with Gasteiger partial charge in [-0.05, 0) is 24.3 Å². The third-order valence-electron chi connectivity index (χ3n) is 6.32. The number of nitrogens with one attached hydrogen (secondary N) is 1. The Morgan fingerprint density at radius 3 is 2.74 bits per heavy atom. The molecule has 0 atom stereocenters. The van der Waals surface area contributed by atoms with E-state index in [1.807, 2.05) is 12.1 Å². The van der Waals surface area contributed by atoms with Crippen LogP contribution in [0, 0.1) is 5.82 Å². The number of amides is 1. The van der Waals surface area contributed by atoms with Gasteiger partial charge in [-0.1, -0.05) is 29.8 Å². The maximum absolute atomic E-state index is 14.7. The van der Waals surface area contributed by atoms with Gasteiger partial charge in [-0.25, -0.2) is 14.4 Å². The summed E-state index contributed by atoms with van der Waals surface area (Å²) in [6, 6.07) is 6.87. The van der Waals surface area contributed by atoms with Crippen LogP contribution in [0.3, 0.4) is 0 Å². The Balaban J connectivity index is 1.52. The fourth-order valence-electron chi connectivity index (χ4n) is 4.33. The number of carbonyl (C=O) groups excluding carboxylic acids is 1. The van der Waals surface area contributed by atoms with Crippen LogP contribution in [0.5, 0.6) is 5.75 Å². The normalized spacial score (nSPS) is 16.7. The second-order valence-corrected chi connectivity index (χ2v) is 9.34. The lowest BCUT2D eigenvalue weighted by Gasteiger charge is -2.40. The Bertz CT molecular complexity index is 1290. The molecule has 2 aliphatic heterocycles. The van der Waals surface area contributed by atoms with Gasteiger partial charge in [-0.2, -0.15) is 0 Å². The molecule has 0 aliphatic carbocycles. The first kappa shape index (κ1) is 23.8. The number of carbonyl (C=O) groups is 1. The number of aromatic nitrogens is 2. The van der Waals surface area contributed by atoms with Crippen molar-refractivity contribution in [3.05, 3.63) is 64.7 Å². The van der Waals surface area contributed by atoms with E-state index in [2.05, 4.69) is 21.9 Å². The van der Waals surface area contributed by atoms with Crippen molar-refractivity contribution in [3.8, 4) is 5.75 Å². The van der Waals surface area contributed by atoms with E-state index in [0.717, 1.165) is 24.2 Å². The maximum Gasteiger partial charge on any atom is 0.245 e. The summed E-state index contributed by atoms with van der Waals surface area (Å²) in [7, 11) is 0. The first-order valence-electron chi connectivity index (χ1n) is 11.3. The largest absolute Gasteiger partial charge is 0.490 e. The molecule has 10 heteroatoms. The van der Waals surface area contributed by atoms with E-state index in [1.54, 1.807) is 4.90 Å². The number of benzene rings is 2. The van der Waals surface area contributed by atoms with E-state index in [9.17, 15) is 9.18 Å². The molecule has 0 saturated carbocycles. The monoisotopic (exact) mass is 516 g/mol. The summed E-state index contributed by atoms with van der Waals surface area (Å²) in [5, 5.41) is 3.68. The van der Waals surface area contributed by atoms with Crippen molar-refractivity contribution in [2.75, 3.05) is 31.6 Å². The van der Waals surface area contributed by atoms with E-state index < -0.39 is 5.82 Å². The molecule has 2 aromatic carbocycles. The molecule has 5 rings (SSSR count). The lowest BCUT2D eigenvalue weighted by atomic mass is 9.89. The van der Waals surface area contributed by atoms with Gasteiger partial charge in [0, 0.05) is 48.9 Å². The van der Waals surface area contributed by atoms with Gasteiger partial charge >= 0.3 is 0 Å². The van der Waals surface area contributed by atoms with Crippen molar-refractivity contribution in [2.45, 2.75) is 24.9 Å². The van der Waals surface area contributed by atoms with Crippen LogP contribution in [-0.2, 0) is 9.53 Å². The zero-order valence-electron chi connectivity index (χ0n) is 18.8. The predicted octanol–water partition coefficient (Wildman–Crippen LogP) is 5.49. The molecule has 1 N–H and O–H groups in total. The predicted molar refractivity (Wildman–Crippen MR) is 133 cm³/mol. The molecule has 7 nitrogen and oxygen atoms in total. The highest BCUT2D eigenvalue weighted by molar-refractivity contribution is 6.42. The Kier molecular flexibility index (Phi) is 6.77. The number of ether oxygens (including phenoxy) is 2. The van der Waals surface area contributed by atoms with Crippen LogP contribution in [0.4, 0.5) is 15.9 Å². The van der Waals surface area contributed by atoms with Gasteiger partial charge < -0.3 is 19.7 Å². The summed E-state index contributed by atoms with van der Waals surface area (Å²) in [6.07, 6.45) is 4.37. The average Bonchev–Trinajstić information content (AvgIpc) is 2.84. The molecule has 182 valence electrons. The molecule has 0 radical (unpaired) electrons. The highest BCUT2D eigenvalue weighted by atomic mass is 35.5. The molecule has 2 aliphatic rings. The Hall–Kier alpha value is -2.94. The van der Waals surface area contributed by atoms with E-state index in [1.165, 1.54) is 24.5 Å². The average molecular weight is 517 g/mol. The van der Waals surface area contributed by atoms with Crippen molar-refractivity contribution < 1.29 is 18.7 Å². The van der Waals surface area contributed by atoms with E-state index >= 15 is 0 Å². The maximum atomic E-state index is 14.7. The summed E-state index contributed by atoms with van der Waals surface area (Å²) < 4.78 is 26.6. The number of hydrogen-bond acceptors (Lipinski definition) is 6. The number of halogens is 3. The van der Waals surface area contributed by atoms with Crippen LogP contribution < -0.4 is 10.1 Å². The van der Waals surface area contributed by atoms with Crippen molar-refractivity contribution in [1.29, 1.82) is 0 Å². The molecule has 1 amide bonds. The van der Waals surface area contributed by atoms with E-state index in [0.29, 0.717) is 43.0 Å². The van der Waals surface area contributed by atoms with Crippen molar-refractivity contribution in [1.82, 2.24) is 14.9 Å². The van der Waals surface area contributed by atoms with Gasteiger partial charge in [-0.15, -0.1) is 0 Å². The molecule has 0 bridgehead atoms. The van der Waals surface area contributed by atoms with E-state index in [4.69, 9.17) is 32.7 Å². The number of hydrogen-bond donors (Lipinski definition) is 1. The highest BCUT2D eigenvalue weighted by Crippen LogP contribution is 2.39. The Labute approximate surface area is 211 Å². The molecule has 2 saturated heterocycles. The number of anilines is 2. The molecule has 3 aromatic rings. The fraction of sp³-hybridized carbons (Fsp3) is 0.320. The third kappa shape index (κ3) is 4.78. The summed E-state index contributed by atoms with van der Waals surface area (Å²) in [4.78, 5) is 22.5. The number of likely N-dealkylation sites (tertiary alicyclic amines) is 1. The molecular weight excluding hydrogens is 494 g/mol. The van der Waals surface area contributed by atoms with Gasteiger partial charge in [0.15, 0.2) is 5.82 Å². The second kappa shape index (κ2) is 9.97. The van der Waals surface area contributed by atoms with E-state index in [-0.39, 0.29) is 33.7 Å². The minimum Gasteiger partial charge on any atom is -0.490 e. The fourth-order valence-corrected chi connectivity index (χ4v) is 4.64. The van der Waals surface area contributed by atoms with Crippen LogP contribution in [0.25, 0.3) is 10.9 Å². The summed E-state index contributed by atoms with van der Waals surface area (Å²) >= 11 is 11.9. The van der Waals surface area contributed by atoms with Crippen molar-refractivity contribution in [2.24, 2.45) is 0 Å². The lowest BCUT2D eigenvalue weighted by molar-refractivity contribution is -0.130. The second-order valence-electron chi connectivity index (χ2n) is 8.55. The molecule has 0 unspecified atom stereocenters. The minimum absolute atomic E-state index is 0.0377. The lowest BCUT2D eigenvalue weighted by Crippen LogP contribution is -2.47. The Morgan fingerprint density at radius 2 is 2.00 bits per heavy atom. The number of fused-ring (bicyclic) bond motifs is 1. The van der Waals surface area contributed by atoms with Crippen LogP contribution in [-0.4, -0.2) is 53.2 Å². The molecular formula is C25H23Cl2FN4O3. The standard InChI is InChI=1S/C25H23Cl2FN4O3/c1-2-22(33)32-11-14(12-32)16-9-17-20(10-21(16)35-15-5-7-34-8-6-15)29-13-30-25(17)31-19-4-3-18(26)23(27)24(19)28/h2-4,9-10,13-15H,1,5-8,11-12H2,(H,29,30,31). The number of rotatable bonds is 6. The summed E-state index contributed by atoms with van der Waals surface area (Å²) in [5.41, 5.74) is 1.74. The summed E-state index contributed by atoms with van der Waals surface area (Å²) in [5.74, 6) is 0.459. The van der Waals surface area contributed by atoms with Gasteiger partial charge in [0.2, 0.25) is 5.91 Å². The molecule has 2 fully saturated rings. The van der Waals surface area contributed by atoms with Crippen molar-refractivity contribution >= 4 is 51.5 Å². The van der Waals surface area contributed by atoms with Gasteiger partial charge in [-0.3, -0.25) is 4.79 Å². The minimum atomic E-state index is -0.664. The van der Waals surface area contributed by atoms with Crippen LogP contribution in [0.1, 0.15) is 24.3 Å². The smallest absolute Gasteiger partial charge is 0.245 e. The first-order chi connectivity index (χ1) is 16.9. The zero-order valence-corrected chi connectivity index (χ0v) is 20.3.